The summed E-state index contributed by atoms with van der Waals surface area (Å²) in [6, 6.07) is 1.17. The van der Waals surface area contributed by atoms with Gasteiger partial charge in [0.15, 0.2) is 0 Å². The summed E-state index contributed by atoms with van der Waals surface area (Å²) in [6.45, 7) is 7.15. The Morgan fingerprint density at radius 2 is 1.83 bits per heavy atom. The SMILES string of the molecule is CC(C)(C)C(CCO)NC1CCC12CCCCC2. The second kappa shape index (κ2) is 5.50. The number of hydrogen-bond acceptors (Lipinski definition) is 2. The molecule has 2 N–H and O–H groups in total. The van der Waals surface area contributed by atoms with Gasteiger partial charge in [-0.2, -0.15) is 0 Å². The molecule has 0 amide bonds. The third-order valence-corrected chi connectivity index (χ3v) is 5.38. The molecule has 0 aliphatic heterocycles. The Morgan fingerprint density at radius 3 is 2.28 bits per heavy atom. The molecule has 2 fully saturated rings. The summed E-state index contributed by atoms with van der Waals surface area (Å²) in [5.41, 5.74) is 0.866. The van der Waals surface area contributed by atoms with Crippen molar-refractivity contribution in [2.24, 2.45) is 10.8 Å². The predicted molar refractivity (Wildman–Crippen MR) is 76.6 cm³/mol. The average Bonchev–Trinajstić information content (AvgIpc) is 2.32. The van der Waals surface area contributed by atoms with Gasteiger partial charge >= 0.3 is 0 Å². The fourth-order valence-electron chi connectivity index (χ4n) is 3.95. The van der Waals surface area contributed by atoms with E-state index >= 15 is 0 Å². The van der Waals surface area contributed by atoms with Crippen molar-refractivity contribution in [1.29, 1.82) is 0 Å². The van der Waals surface area contributed by atoms with Crippen molar-refractivity contribution in [3.8, 4) is 0 Å². The summed E-state index contributed by atoms with van der Waals surface area (Å²) in [5, 5.41) is 13.2. The van der Waals surface area contributed by atoms with Crippen molar-refractivity contribution in [1.82, 2.24) is 5.32 Å². The number of rotatable bonds is 4. The summed E-state index contributed by atoms with van der Waals surface area (Å²) >= 11 is 0. The Morgan fingerprint density at radius 1 is 1.17 bits per heavy atom. The number of nitrogens with one attached hydrogen (secondary N) is 1. The zero-order valence-corrected chi connectivity index (χ0v) is 12.5. The lowest BCUT2D eigenvalue weighted by molar-refractivity contribution is 0.00402. The standard InChI is InChI=1S/C16H31NO/c1-15(2,3)13(8-12-18)17-14-7-11-16(14)9-5-4-6-10-16/h13-14,17-18H,4-12H2,1-3H3. The second-order valence-corrected chi connectivity index (χ2v) is 7.61. The monoisotopic (exact) mass is 253 g/mol. The highest BCUT2D eigenvalue weighted by Gasteiger charge is 2.47. The van der Waals surface area contributed by atoms with E-state index in [2.05, 4.69) is 26.1 Å². The first-order valence-corrected chi connectivity index (χ1v) is 7.85. The predicted octanol–water partition coefficient (Wildman–Crippen LogP) is 3.49. The molecule has 2 unspecified atom stereocenters. The van der Waals surface area contributed by atoms with E-state index in [1.165, 1.54) is 44.9 Å². The van der Waals surface area contributed by atoms with Crippen LogP contribution in [0, 0.1) is 10.8 Å². The van der Waals surface area contributed by atoms with Gasteiger partial charge in [0, 0.05) is 18.7 Å². The van der Waals surface area contributed by atoms with Crippen LogP contribution in [0.1, 0.15) is 72.1 Å². The van der Waals surface area contributed by atoms with E-state index < -0.39 is 0 Å². The summed E-state index contributed by atoms with van der Waals surface area (Å²) < 4.78 is 0. The second-order valence-electron chi connectivity index (χ2n) is 7.61. The van der Waals surface area contributed by atoms with Gasteiger partial charge in [0.1, 0.15) is 0 Å². The molecule has 106 valence electrons. The summed E-state index contributed by atoms with van der Waals surface area (Å²) in [6.07, 6.45) is 10.8. The smallest absolute Gasteiger partial charge is 0.0446 e. The molecule has 2 saturated carbocycles. The zero-order chi connectivity index (χ0) is 13.2. The van der Waals surface area contributed by atoms with Gasteiger partial charge in [-0.3, -0.25) is 0 Å². The number of aliphatic hydroxyl groups excluding tert-OH is 1. The van der Waals surface area contributed by atoms with Crippen molar-refractivity contribution in [3.63, 3.8) is 0 Å². The fourth-order valence-corrected chi connectivity index (χ4v) is 3.95. The summed E-state index contributed by atoms with van der Waals surface area (Å²) in [5.74, 6) is 0. The average molecular weight is 253 g/mol. The molecule has 0 radical (unpaired) electrons. The third kappa shape index (κ3) is 2.91. The highest BCUT2D eigenvalue weighted by atomic mass is 16.3. The van der Waals surface area contributed by atoms with Crippen LogP contribution in [-0.4, -0.2) is 23.8 Å². The molecular formula is C16H31NO. The van der Waals surface area contributed by atoms with E-state index in [0.29, 0.717) is 24.1 Å². The van der Waals surface area contributed by atoms with Gasteiger partial charge in [0.05, 0.1) is 0 Å². The molecule has 0 saturated heterocycles. The van der Waals surface area contributed by atoms with E-state index in [1.54, 1.807) is 0 Å². The molecule has 0 aromatic carbocycles. The molecule has 2 heteroatoms. The zero-order valence-electron chi connectivity index (χ0n) is 12.5. The van der Waals surface area contributed by atoms with Gasteiger partial charge in [-0.05, 0) is 42.9 Å². The number of hydrogen-bond donors (Lipinski definition) is 2. The maximum absolute atomic E-state index is 9.27. The third-order valence-electron chi connectivity index (χ3n) is 5.38. The highest BCUT2D eigenvalue weighted by molar-refractivity contribution is 5.03. The summed E-state index contributed by atoms with van der Waals surface area (Å²) in [7, 11) is 0. The highest BCUT2D eigenvalue weighted by Crippen LogP contribution is 2.52. The van der Waals surface area contributed by atoms with Gasteiger partial charge in [0.2, 0.25) is 0 Å². The van der Waals surface area contributed by atoms with Crippen molar-refractivity contribution in [3.05, 3.63) is 0 Å². The molecule has 0 bridgehead atoms. The van der Waals surface area contributed by atoms with E-state index in [-0.39, 0.29) is 5.41 Å². The maximum Gasteiger partial charge on any atom is 0.0446 e. The van der Waals surface area contributed by atoms with Crippen LogP contribution in [0.2, 0.25) is 0 Å². The van der Waals surface area contributed by atoms with Crippen LogP contribution >= 0.6 is 0 Å². The Balaban J connectivity index is 1.95. The van der Waals surface area contributed by atoms with Crippen LogP contribution in [0.5, 0.6) is 0 Å². The van der Waals surface area contributed by atoms with Crippen molar-refractivity contribution < 1.29 is 5.11 Å². The van der Waals surface area contributed by atoms with Gasteiger partial charge in [-0.15, -0.1) is 0 Å². The van der Waals surface area contributed by atoms with Gasteiger partial charge in [0.25, 0.3) is 0 Å². The fraction of sp³-hybridized carbons (Fsp3) is 1.00. The van der Waals surface area contributed by atoms with E-state index in [1.807, 2.05) is 0 Å². The minimum absolute atomic E-state index is 0.244. The molecule has 18 heavy (non-hydrogen) atoms. The van der Waals surface area contributed by atoms with E-state index in [9.17, 15) is 5.11 Å². The van der Waals surface area contributed by atoms with Crippen LogP contribution in [-0.2, 0) is 0 Å². The first-order valence-electron chi connectivity index (χ1n) is 7.85. The molecule has 2 nitrogen and oxygen atoms in total. The molecule has 2 aliphatic carbocycles. The molecule has 2 rings (SSSR count). The Labute approximate surface area is 113 Å². The molecule has 0 heterocycles. The van der Waals surface area contributed by atoms with Crippen molar-refractivity contribution in [2.45, 2.75) is 84.2 Å². The normalized spacial score (nSPS) is 29.0. The van der Waals surface area contributed by atoms with Gasteiger partial charge in [-0.1, -0.05) is 40.0 Å². The van der Waals surface area contributed by atoms with Crippen molar-refractivity contribution in [2.75, 3.05) is 6.61 Å². The number of aliphatic hydroxyl groups is 1. The van der Waals surface area contributed by atoms with Crippen LogP contribution in [0.15, 0.2) is 0 Å². The van der Waals surface area contributed by atoms with E-state index in [4.69, 9.17) is 0 Å². The lowest BCUT2D eigenvalue weighted by Gasteiger charge is -2.54. The molecule has 0 aromatic heterocycles. The largest absolute Gasteiger partial charge is 0.396 e. The van der Waals surface area contributed by atoms with Crippen LogP contribution in [0.4, 0.5) is 0 Å². The van der Waals surface area contributed by atoms with Crippen molar-refractivity contribution >= 4 is 0 Å². The molecular weight excluding hydrogens is 222 g/mol. The summed E-state index contributed by atoms with van der Waals surface area (Å²) in [4.78, 5) is 0. The topological polar surface area (TPSA) is 32.3 Å². The molecule has 1 spiro atoms. The molecule has 0 aromatic rings. The van der Waals surface area contributed by atoms with Crippen LogP contribution in [0.25, 0.3) is 0 Å². The van der Waals surface area contributed by atoms with Gasteiger partial charge in [-0.25, -0.2) is 0 Å². The lowest BCUT2D eigenvalue weighted by atomic mass is 9.57. The molecule has 2 atom stereocenters. The van der Waals surface area contributed by atoms with Crippen LogP contribution in [0.3, 0.4) is 0 Å². The Kier molecular flexibility index (Phi) is 4.38. The lowest BCUT2D eigenvalue weighted by Crippen LogP contribution is -2.59. The molecule has 2 aliphatic rings. The minimum Gasteiger partial charge on any atom is -0.396 e. The van der Waals surface area contributed by atoms with Crippen LogP contribution < -0.4 is 5.32 Å². The first kappa shape index (κ1) is 14.3. The first-order chi connectivity index (χ1) is 8.48. The Hall–Kier alpha value is -0.0800. The van der Waals surface area contributed by atoms with Gasteiger partial charge < -0.3 is 10.4 Å². The minimum atomic E-state index is 0.244. The quantitative estimate of drug-likeness (QED) is 0.804. The Bertz CT molecular complexity index is 263. The maximum atomic E-state index is 9.27. The van der Waals surface area contributed by atoms with E-state index in [0.717, 1.165) is 6.42 Å².